The molecule has 0 amide bonds. The van der Waals surface area contributed by atoms with E-state index in [0.717, 1.165) is 0 Å². The zero-order chi connectivity index (χ0) is 14.8. The molecule has 0 fully saturated rings. The van der Waals surface area contributed by atoms with Gasteiger partial charge in [-0.2, -0.15) is 0 Å². The van der Waals surface area contributed by atoms with Crippen LogP contribution in [-0.2, 0) is 10.0 Å². The van der Waals surface area contributed by atoms with Crippen LogP contribution in [0, 0.1) is 0 Å². The zero-order valence-electron chi connectivity index (χ0n) is 10.5. The Kier molecular flexibility index (Phi) is 4.06. The van der Waals surface area contributed by atoms with Crippen LogP contribution in [0.25, 0.3) is 0 Å². The Morgan fingerprint density at radius 3 is 2.40 bits per heavy atom. The van der Waals surface area contributed by atoms with Gasteiger partial charge in [-0.3, -0.25) is 9.52 Å². The minimum Gasteiger partial charge on any atom is -0.295 e. The number of halogens is 1. The Labute approximate surface area is 121 Å². The molecule has 2 aromatic rings. The third kappa shape index (κ3) is 3.15. The molecular weight excluding hydrogens is 300 g/mol. The number of nitrogens with one attached hydrogen (secondary N) is 1. The molecule has 0 aliphatic rings. The Morgan fingerprint density at radius 2 is 1.85 bits per heavy atom. The average molecular weight is 311 g/mol. The van der Waals surface area contributed by atoms with Crippen molar-refractivity contribution in [3.63, 3.8) is 0 Å². The number of Topliss-reactive ketones (excluding diaryl/α,β-unsaturated/α-hetero) is 1. The summed E-state index contributed by atoms with van der Waals surface area (Å²) in [4.78, 5) is 15.0. The van der Waals surface area contributed by atoms with E-state index in [1.807, 2.05) is 0 Å². The molecule has 1 heterocycles. The van der Waals surface area contributed by atoms with Gasteiger partial charge in [0, 0.05) is 11.8 Å². The molecular formula is C13H11ClN2O3S. The third-order valence-electron chi connectivity index (χ3n) is 2.57. The largest absolute Gasteiger partial charge is 0.295 e. The molecule has 0 atom stereocenters. The van der Waals surface area contributed by atoms with Crippen molar-refractivity contribution in [2.24, 2.45) is 0 Å². The highest BCUT2D eigenvalue weighted by molar-refractivity contribution is 7.92. The zero-order valence-corrected chi connectivity index (χ0v) is 12.1. The maximum Gasteiger partial charge on any atom is 0.261 e. The second-order valence-electron chi connectivity index (χ2n) is 4.03. The number of anilines is 1. The van der Waals surface area contributed by atoms with Gasteiger partial charge in [0.25, 0.3) is 10.0 Å². The molecule has 0 unspecified atom stereocenters. The average Bonchev–Trinajstić information content (AvgIpc) is 2.41. The molecule has 0 aliphatic heterocycles. The normalized spacial score (nSPS) is 11.1. The molecule has 0 spiro atoms. The summed E-state index contributed by atoms with van der Waals surface area (Å²) < 4.78 is 26.6. The van der Waals surface area contributed by atoms with E-state index in [-0.39, 0.29) is 21.5 Å². The van der Waals surface area contributed by atoms with Crippen LogP contribution in [0.5, 0.6) is 0 Å². The quantitative estimate of drug-likeness (QED) is 0.696. The van der Waals surface area contributed by atoms with Crippen molar-refractivity contribution in [1.29, 1.82) is 0 Å². The lowest BCUT2D eigenvalue weighted by molar-refractivity contribution is 0.101. The summed E-state index contributed by atoms with van der Waals surface area (Å²) >= 11 is 5.80. The Balaban J connectivity index is 2.31. The van der Waals surface area contributed by atoms with E-state index < -0.39 is 10.0 Å². The van der Waals surface area contributed by atoms with Crippen LogP contribution in [0.2, 0.25) is 5.15 Å². The summed E-state index contributed by atoms with van der Waals surface area (Å²) in [6.07, 6.45) is 1.46. The minimum atomic E-state index is -3.76. The van der Waals surface area contributed by atoms with Gasteiger partial charge in [0.15, 0.2) is 10.9 Å². The van der Waals surface area contributed by atoms with Gasteiger partial charge in [-0.05, 0) is 31.2 Å². The number of benzene rings is 1. The van der Waals surface area contributed by atoms with Crippen molar-refractivity contribution in [2.75, 3.05) is 4.72 Å². The van der Waals surface area contributed by atoms with Crippen molar-refractivity contribution in [1.82, 2.24) is 4.98 Å². The highest BCUT2D eigenvalue weighted by atomic mass is 35.5. The number of hydrogen-bond donors (Lipinski definition) is 1. The number of carbonyl (C=O) groups excluding carboxylic acids is 1. The lowest BCUT2D eigenvalue weighted by Gasteiger charge is -2.09. The molecule has 0 aliphatic carbocycles. The van der Waals surface area contributed by atoms with Crippen LogP contribution in [0.1, 0.15) is 17.3 Å². The van der Waals surface area contributed by atoms with Crippen LogP contribution in [0.4, 0.5) is 5.69 Å². The Morgan fingerprint density at radius 1 is 1.20 bits per heavy atom. The van der Waals surface area contributed by atoms with Crippen molar-refractivity contribution in [3.8, 4) is 0 Å². The summed E-state index contributed by atoms with van der Waals surface area (Å²) in [7, 11) is -3.76. The number of pyridine rings is 1. The SMILES string of the molecule is CC(=O)c1ccc(S(=O)(=O)Nc2cccnc2Cl)cc1. The van der Waals surface area contributed by atoms with Crippen LogP contribution >= 0.6 is 11.6 Å². The first-order valence-electron chi connectivity index (χ1n) is 5.64. The predicted octanol–water partition coefficient (Wildman–Crippen LogP) is 2.74. The first kappa shape index (κ1) is 14.5. The van der Waals surface area contributed by atoms with Crippen molar-refractivity contribution in [2.45, 2.75) is 11.8 Å². The molecule has 7 heteroatoms. The van der Waals surface area contributed by atoms with Gasteiger partial charge in [0.2, 0.25) is 0 Å². The minimum absolute atomic E-state index is 0.0439. The standard InChI is InChI=1S/C13H11ClN2O3S/c1-9(17)10-4-6-11(7-5-10)20(18,19)16-12-3-2-8-15-13(12)14/h2-8,16H,1H3. The van der Waals surface area contributed by atoms with Gasteiger partial charge in [0.1, 0.15) is 0 Å². The molecule has 1 aromatic heterocycles. The molecule has 0 radical (unpaired) electrons. The van der Waals surface area contributed by atoms with E-state index in [9.17, 15) is 13.2 Å². The van der Waals surface area contributed by atoms with Crippen molar-refractivity contribution in [3.05, 3.63) is 53.3 Å². The van der Waals surface area contributed by atoms with Crippen molar-refractivity contribution >= 4 is 33.1 Å². The number of ketones is 1. The van der Waals surface area contributed by atoms with Gasteiger partial charge < -0.3 is 0 Å². The van der Waals surface area contributed by atoms with Gasteiger partial charge >= 0.3 is 0 Å². The molecule has 20 heavy (non-hydrogen) atoms. The van der Waals surface area contributed by atoms with E-state index in [1.165, 1.54) is 43.5 Å². The fraction of sp³-hybridized carbons (Fsp3) is 0.0769. The number of rotatable bonds is 4. The molecule has 0 bridgehead atoms. The van der Waals surface area contributed by atoms with Crippen molar-refractivity contribution < 1.29 is 13.2 Å². The predicted molar refractivity (Wildman–Crippen MR) is 76.5 cm³/mol. The number of nitrogens with zero attached hydrogens (tertiary/aromatic N) is 1. The third-order valence-corrected chi connectivity index (χ3v) is 4.26. The summed E-state index contributed by atoms with van der Waals surface area (Å²) in [5.74, 6) is -0.128. The lowest BCUT2D eigenvalue weighted by Crippen LogP contribution is -2.13. The first-order valence-corrected chi connectivity index (χ1v) is 7.50. The first-order chi connectivity index (χ1) is 9.40. The van der Waals surface area contributed by atoms with Gasteiger partial charge in [-0.1, -0.05) is 23.7 Å². The Bertz CT molecular complexity index is 742. The lowest BCUT2D eigenvalue weighted by atomic mass is 10.2. The monoisotopic (exact) mass is 310 g/mol. The molecule has 1 N–H and O–H groups in total. The number of carbonyl (C=O) groups is 1. The second kappa shape index (κ2) is 5.60. The second-order valence-corrected chi connectivity index (χ2v) is 6.07. The highest BCUT2D eigenvalue weighted by Gasteiger charge is 2.16. The molecule has 104 valence electrons. The van der Waals surface area contributed by atoms with Crippen LogP contribution in [0.15, 0.2) is 47.5 Å². The summed E-state index contributed by atoms with van der Waals surface area (Å²) in [6.45, 7) is 1.41. The molecule has 0 saturated heterocycles. The van der Waals surface area contributed by atoms with E-state index in [1.54, 1.807) is 6.07 Å². The molecule has 2 rings (SSSR count). The van der Waals surface area contributed by atoms with E-state index in [2.05, 4.69) is 9.71 Å². The summed E-state index contributed by atoms with van der Waals surface area (Å²) in [5, 5.41) is 0.0661. The van der Waals surface area contributed by atoms with Gasteiger partial charge in [-0.25, -0.2) is 13.4 Å². The van der Waals surface area contributed by atoms with Gasteiger partial charge in [-0.15, -0.1) is 0 Å². The highest BCUT2D eigenvalue weighted by Crippen LogP contribution is 2.22. The van der Waals surface area contributed by atoms with E-state index >= 15 is 0 Å². The van der Waals surface area contributed by atoms with Crippen LogP contribution in [-0.4, -0.2) is 19.2 Å². The smallest absolute Gasteiger partial charge is 0.261 e. The fourth-order valence-electron chi connectivity index (χ4n) is 1.53. The van der Waals surface area contributed by atoms with Crippen LogP contribution in [0.3, 0.4) is 0 Å². The maximum absolute atomic E-state index is 12.2. The summed E-state index contributed by atoms with van der Waals surface area (Å²) in [6, 6.07) is 8.73. The number of sulfonamides is 1. The van der Waals surface area contributed by atoms with Gasteiger partial charge in [0.05, 0.1) is 10.6 Å². The maximum atomic E-state index is 12.2. The summed E-state index contributed by atoms with van der Waals surface area (Å²) in [5.41, 5.74) is 0.646. The van der Waals surface area contributed by atoms with E-state index in [0.29, 0.717) is 5.56 Å². The number of aromatic nitrogens is 1. The topological polar surface area (TPSA) is 76.1 Å². The molecule has 0 saturated carbocycles. The molecule has 1 aromatic carbocycles. The van der Waals surface area contributed by atoms with E-state index in [4.69, 9.17) is 11.6 Å². The number of hydrogen-bond acceptors (Lipinski definition) is 4. The Hall–Kier alpha value is -1.92. The fourth-order valence-corrected chi connectivity index (χ4v) is 2.82. The molecule has 5 nitrogen and oxygen atoms in total. The van der Waals surface area contributed by atoms with Crippen LogP contribution < -0.4 is 4.72 Å².